The Morgan fingerprint density at radius 2 is 2.05 bits per heavy atom. The molecule has 0 bridgehead atoms. The van der Waals surface area contributed by atoms with Crippen LogP contribution in [0.15, 0.2) is 18.2 Å². The fourth-order valence-corrected chi connectivity index (χ4v) is 1.73. The van der Waals surface area contributed by atoms with Gasteiger partial charge in [0.05, 0.1) is 23.2 Å². The van der Waals surface area contributed by atoms with Gasteiger partial charge in [0, 0.05) is 13.2 Å². The van der Waals surface area contributed by atoms with Crippen LogP contribution < -0.4 is 10.5 Å². The number of fused-ring (bicyclic) bond motifs is 1. The number of ether oxygens (including phenoxy) is 2. The van der Waals surface area contributed by atoms with E-state index in [1.165, 1.54) is 25.3 Å². The molecule has 0 aliphatic carbocycles. The van der Waals surface area contributed by atoms with Crippen LogP contribution in [0.4, 0.5) is 13.2 Å². The zero-order chi connectivity index (χ0) is 14.9. The molecule has 0 unspecified atom stereocenters. The summed E-state index contributed by atoms with van der Waals surface area (Å²) in [7, 11) is 1.52. The molecule has 2 atom stereocenters. The molecule has 0 fully saturated rings. The maximum atomic E-state index is 12.1. The SMILES string of the molecule is CO[C@H](C)[C@H](N)c1nc2ccc(OC(F)(F)F)cc2[nH]1. The topological polar surface area (TPSA) is 73.2 Å². The summed E-state index contributed by atoms with van der Waals surface area (Å²) >= 11 is 0. The number of rotatable bonds is 4. The first-order valence-electron chi connectivity index (χ1n) is 5.84. The van der Waals surface area contributed by atoms with Crippen molar-refractivity contribution in [3.63, 3.8) is 0 Å². The van der Waals surface area contributed by atoms with Gasteiger partial charge in [-0.15, -0.1) is 13.2 Å². The molecule has 110 valence electrons. The number of benzene rings is 1. The van der Waals surface area contributed by atoms with Gasteiger partial charge in [0.15, 0.2) is 0 Å². The maximum Gasteiger partial charge on any atom is 0.573 e. The number of H-pyrrole nitrogens is 1. The second-order valence-corrected chi connectivity index (χ2v) is 4.32. The van der Waals surface area contributed by atoms with Gasteiger partial charge in [0.1, 0.15) is 11.6 Å². The highest BCUT2D eigenvalue weighted by Gasteiger charge is 2.31. The van der Waals surface area contributed by atoms with Crippen LogP contribution in [-0.2, 0) is 4.74 Å². The van der Waals surface area contributed by atoms with Crippen LogP contribution in [0.3, 0.4) is 0 Å². The second-order valence-electron chi connectivity index (χ2n) is 4.32. The molecule has 0 aliphatic heterocycles. The summed E-state index contributed by atoms with van der Waals surface area (Å²) < 4.78 is 45.4. The summed E-state index contributed by atoms with van der Waals surface area (Å²) in [5.41, 5.74) is 6.85. The molecule has 5 nitrogen and oxygen atoms in total. The van der Waals surface area contributed by atoms with Gasteiger partial charge in [0.2, 0.25) is 0 Å². The Balaban J connectivity index is 2.30. The average molecular weight is 289 g/mol. The number of nitrogens with zero attached hydrogens (tertiary/aromatic N) is 1. The van der Waals surface area contributed by atoms with E-state index in [0.29, 0.717) is 16.9 Å². The largest absolute Gasteiger partial charge is 0.573 e. The Kier molecular flexibility index (Phi) is 3.87. The predicted molar refractivity (Wildman–Crippen MR) is 66.2 cm³/mol. The predicted octanol–water partition coefficient (Wildman–Crippen LogP) is 2.50. The van der Waals surface area contributed by atoms with Crippen molar-refractivity contribution in [2.24, 2.45) is 5.73 Å². The molecule has 3 N–H and O–H groups in total. The van der Waals surface area contributed by atoms with Gasteiger partial charge in [-0.1, -0.05) is 0 Å². The highest BCUT2D eigenvalue weighted by molar-refractivity contribution is 5.76. The van der Waals surface area contributed by atoms with Crippen LogP contribution in [0, 0.1) is 0 Å². The minimum atomic E-state index is -4.72. The number of alkyl halides is 3. The molecule has 0 aliphatic rings. The van der Waals surface area contributed by atoms with Crippen molar-refractivity contribution in [2.75, 3.05) is 7.11 Å². The van der Waals surface area contributed by atoms with Crippen molar-refractivity contribution in [3.05, 3.63) is 24.0 Å². The number of imidazole rings is 1. The minimum absolute atomic E-state index is 0.276. The number of hydrogen-bond donors (Lipinski definition) is 2. The van der Waals surface area contributed by atoms with Gasteiger partial charge in [-0.3, -0.25) is 0 Å². The lowest BCUT2D eigenvalue weighted by molar-refractivity contribution is -0.274. The number of nitrogens with one attached hydrogen (secondary N) is 1. The molecule has 0 spiro atoms. The van der Waals surface area contributed by atoms with Crippen LogP contribution in [-0.4, -0.2) is 29.5 Å². The molecule has 0 saturated carbocycles. The van der Waals surface area contributed by atoms with E-state index >= 15 is 0 Å². The molecule has 1 aromatic carbocycles. The summed E-state index contributed by atoms with van der Waals surface area (Å²) in [6, 6.07) is 3.36. The van der Waals surface area contributed by atoms with Crippen molar-refractivity contribution in [1.82, 2.24) is 9.97 Å². The van der Waals surface area contributed by atoms with Gasteiger partial charge in [-0.2, -0.15) is 0 Å². The van der Waals surface area contributed by atoms with Crippen LogP contribution in [0.1, 0.15) is 18.8 Å². The van der Waals surface area contributed by atoms with E-state index in [1.807, 2.05) is 0 Å². The van der Waals surface area contributed by atoms with Crippen LogP contribution in [0.5, 0.6) is 5.75 Å². The Hall–Kier alpha value is -1.80. The van der Waals surface area contributed by atoms with E-state index in [4.69, 9.17) is 10.5 Å². The molecule has 2 aromatic rings. The molecule has 2 rings (SSSR count). The number of methoxy groups -OCH3 is 1. The zero-order valence-electron chi connectivity index (χ0n) is 10.9. The number of nitrogens with two attached hydrogens (primary N) is 1. The fourth-order valence-electron chi connectivity index (χ4n) is 1.73. The quantitative estimate of drug-likeness (QED) is 0.907. The second kappa shape index (κ2) is 5.29. The normalized spacial score (nSPS) is 15.3. The maximum absolute atomic E-state index is 12.1. The Labute approximate surface area is 112 Å². The van der Waals surface area contributed by atoms with E-state index in [1.54, 1.807) is 6.92 Å². The van der Waals surface area contributed by atoms with Gasteiger partial charge in [0.25, 0.3) is 0 Å². The smallest absolute Gasteiger partial charge is 0.406 e. The molecular formula is C12H14F3N3O2. The van der Waals surface area contributed by atoms with E-state index < -0.39 is 12.4 Å². The van der Waals surface area contributed by atoms with E-state index in [-0.39, 0.29) is 11.9 Å². The lowest BCUT2D eigenvalue weighted by Crippen LogP contribution is -2.26. The number of aromatic amines is 1. The summed E-state index contributed by atoms with van der Waals surface area (Å²) in [6.45, 7) is 1.77. The third kappa shape index (κ3) is 3.20. The molecule has 1 aromatic heterocycles. The summed E-state index contributed by atoms with van der Waals surface area (Å²) in [5, 5.41) is 0. The van der Waals surface area contributed by atoms with Gasteiger partial charge in [-0.25, -0.2) is 4.98 Å². The number of aromatic nitrogens is 2. The number of halogens is 3. The van der Waals surface area contributed by atoms with Crippen LogP contribution in [0.2, 0.25) is 0 Å². The first kappa shape index (κ1) is 14.6. The summed E-state index contributed by atoms with van der Waals surface area (Å²) in [5.74, 6) is 0.132. The van der Waals surface area contributed by atoms with Gasteiger partial charge >= 0.3 is 6.36 Å². The first-order chi connectivity index (χ1) is 9.30. The van der Waals surface area contributed by atoms with Crippen LogP contribution >= 0.6 is 0 Å². The highest BCUT2D eigenvalue weighted by Crippen LogP contribution is 2.26. The van der Waals surface area contributed by atoms with Crippen molar-refractivity contribution in [1.29, 1.82) is 0 Å². The standard InChI is InChI=1S/C12H14F3N3O2/c1-6(19-2)10(16)11-17-8-4-3-7(5-9(8)18-11)20-12(13,14)15/h3-6,10H,16H2,1-2H3,(H,17,18)/t6-,10+/m1/s1. The fraction of sp³-hybridized carbons (Fsp3) is 0.417. The molecule has 20 heavy (non-hydrogen) atoms. The molecule has 8 heteroatoms. The average Bonchev–Trinajstić information content (AvgIpc) is 2.77. The van der Waals surface area contributed by atoms with Crippen LogP contribution in [0.25, 0.3) is 11.0 Å². The summed E-state index contributed by atoms with van der Waals surface area (Å²) in [6.07, 6.45) is -5.00. The monoisotopic (exact) mass is 289 g/mol. The highest BCUT2D eigenvalue weighted by atomic mass is 19.4. The zero-order valence-corrected chi connectivity index (χ0v) is 10.9. The van der Waals surface area contributed by atoms with E-state index in [2.05, 4.69) is 14.7 Å². The third-order valence-electron chi connectivity index (χ3n) is 2.90. The summed E-state index contributed by atoms with van der Waals surface area (Å²) in [4.78, 5) is 7.10. The Morgan fingerprint density at radius 3 is 2.65 bits per heavy atom. The van der Waals surface area contributed by atoms with E-state index in [9.17, 15) is 13.2 Å². The third-order valence-corrected chi connectivity index (χ3v) is 2.90. The van der Waals surface area contributed by atoms with Gasteiger partial charge < -0.3 is 20.2 Å². The molecule has 0 amide bonds. The first-order valence-corrected chi connectivity index (χ1v) is 5.84. The molecule has 1 heterocycles. The van der Waals surface area contributed by atoms with Gasteiger partial charge in [-0.05, 0) is 19.1 Å². The van der Waals surface area contributed by atoms with E-state index in [0.717, 1.165) is 0 Å². The van der Waals surface area contributed by atoms with Crippen molar-refractivity contribution in [3.8, 4) is 5.75 Å². The molecule has 0 saturated heterocycles. The van der Waals surface area contributed by atoms with Crippen molar-refractivity contribution < 1.29 is 22.6 Å². The van der Waals surface area contributed by atoms with Crippen molar-refractivity contribution in [2.45, 2.75) is 25.4 Å². The number of hydrogen-bond acceptors (Lipinski definition) is 4. The lowest BCUT2D eigenvalue weighted by Gasteiger charge is -2.15. The Bertz CT molecular complexity index is 597. The minimum Gasteiger partial charge on any atom is -0.406 e. The Morgan fingerprint density at radius 1 is 1.35 bits per heavy atom. The van der Waals surface area contributed by atoms with Crippen molar-refractivity contribution >= 4 is 11.0 Å². The molecule has 0 radical (unpaired) electrons. The lowest BCUT2D eigenvalue weighted by atomic mass is 10.2. The molecular weight excluding hydrogens is 275 g/mol.